The van der Waals surface area contributed by atoms with Crippen LogP contribution in [0.2, 0.25) is 0 Å². The van der Waals surface area contributed by atoms with Gasteiger partial charge in [0.2, 0.25) is 10.5 Å². The van der Waals surface area contributed by atoms with Crippen molar-refractivity contribution in [2.75, 3.05) is 0 Å². The molecule has 0 bridgehead atoms. The van der Waals surface area contributed by atoms with E-state index in [4.69, 9.17) is 23.2 Å². The summed E-state index contributed by atoms with van der Waals surface area (Å²) in [6, 6.07) is 0. The van der Waals surface area contributed by atoms with Crippen molar-refractivity contribution in [3.05, 3.63) is 0 Å². The SMILES string of the molecule is O=C(Cl)C1CC(C2CCCCCCCC2)CCCC(C(=O)Cl)C(C2CCCCCCCCC2)C1. The van der Waals surface area contributed by atoms with Gasteiger partial charge in [-0.05, 0) is 66.1 Å². The maximum Gasteiger partial charge on any atom is 0.225 e. The second-order valence-electron chi connectivity index (χ2n) is 12.0. The maximum absolute atomic E-state index is 12.8. The van der Waals surface area contributed by atoms with Crippen LogP contribution in [-0.2, 0) is 9.59 Å². The molecule has 0 heterocycles. The molecule has 0 N–H and O–H groups in total. The van der Waals surface area contributed by atoms with E-state index in [1.807, 2.05) is 0 Å². The van der Waals surface area contributed by atoms with E-state index in [1.165, 1.54) is 109 Å². The Hall–Kier alpha value is -0.0800. The highest BCUT2D eigenvalue weighted by molar-refractivity contribution is 6.64. The van der Waals surface area contributed by atoms with E-state index in [1.54, 1.807) is 0 Å². The van der Waals surface area contributed by atoms with Crippen LogP contribution in [0.25, 0.3) is 0 Å². The summed E-state index contributed by atoms with van der Waals surface area (Å²) in [5.41, 5.74) is 0. The van der Waals surface area contributed by atoms with Gasteiger partial charge in [-0.15, -0.1) is 0 Å². The minimum absolute atomic E-state index is 0.104. The van der Waals surface area contributed by atoms with Crippen molar-refractivity contribution >= 4 is 33.7 Å². The lowest BCUT2D eigenvalue weighted by atomic mass is 9.70. The van der Waals surface area contributed by atoms with E-state index < -0.39 is 0 Å². The van der Waals surface area contributed by atoms with Gasteiger partial charge in [0.15, 0.2) is 0 Å². The van der Waals surface area contributed by atoms with Gasteiger partial charge in [0, 0.05) is 11.8 Å². The number of hydrogen-bond acceptors (Lipinski definition) is 2. The second-order valence-corrected chi connectivity index (χ2v) is 12.8. The molecule has 0 amide bonds. The van der Waals surface area contributed by atoms with Gasteiger partial charge in [0.25, 0.3) is 0 Å². The first kappa shape index (κ1) is 28.5. The summed E-state index contributed by atoms with van der Waals surface area (Å²) in [4.78, 5) is 25.5. The summed E-state index contributed by atoms with van der Waals surface area (Å²) in [5, 5.41) is -0.329. The standard InChI is InChI=1S/C30H50Cl2O2/c31-29(33)26-21-25(23-15-10-6-4-5-7-11-16-23)19-14-20-27(30(32)34)28(22-26)24-17-12-8-2-1-3-9-13-18-24/h23-28H,1-22H2. The number of rotatable bonds is 4. The first-order valence-electron chi connectivity index (χ1n) is 14.9. The fraction of sp³-hybridized carbons (Fsp3) is 0.933. The number of hydrogen-bond donors (Lipinski definition) is 0. The Kier molecular flexibility index (Phi) is 13.3. The molecular weight excluding hydrogens is 463 g/mol. The van der Waals surface area contributed by atoms with Crippen LogP contribution in [0.5, 0.6) is 0 Å². The number of carbonyl (C=O) groups excluding carboxylic acids is 2. The Labute approximate surface area is 219 Å². The third kappa shape index (κ3) is 9.42. The van der Waals surface area contributed by atoms with Crippen LogP contribution in [0.4, 0.5) is 0 Å². The van der Waals surface area contributed by atoms with Crippen molar-refractivity contribution in [2.24, 2.45) is 35.5 Å². The van der Waals surface area contributed by atoms with E-state index in [-0.39, 0.29) is 28.2 Å². The van der Waals surface area contributed by atoms with Gasteiger partial charge < -0.3 is 0 Å². The lowest BCUT2D eigenvalue weighted by Gasteiger charge is -2.34. The van der Waals surface area contributed by atoms with Crippen molar-refractivity contribution < 1.29 is 9.59 Å². The zero-order valence-electron chi connectivity index (χ0n) is 21.6. The van der Waals surface area contributed by atoms with Gasteiger partial charge in [-0.1, -0.05) is 122 Å². The monoisotopic (exact) mass is 512 g/mol. The Morgan fingerprint density at radius 3 is 1.35 bits per heavy atom. The first-order valence-corrected chi connectivity index (χ1v) is 15.7. The molecule has 0 aromatic heterocycles. The fourth-order valence-corrected chi connectivity index (χ4v) is 8.16. The van der Waals surface area contributed by atoms with Gasteiger partial charge in [-0.2, -0.15) is 0 Å². The summed E-state index contributed by atoms with van der Waals surface area (Å²) in [7, 11) is 0. The first-order chi connectivity index (χ1) is 16.6. The van der Waals surface area contributed by atoms with Crippen LogP contribution in [0.3, 0.4) is 0 Å². The van der Waals surface area contributed by atoms with E-state index in [0.29, 0.717) is 17.8 Å². The normalized spacial score (nSPS) is 32.8. The molecular formula is C30H50Cl2O2. The molecule has 3 aliphatic rings. The lowest BCUT2D eigenvalue weighted by molar-refractivity contribution is -0.120. The Balaban J connectivity index is 1.78. The van der Waals surface area contributed by atoms with Crippen LogP contribution in [0.15, 0.2) is 0 Å². The maximum atomic E-state index is 12.8. The second kappa shape index (κ2) is 15.9. The van der Waals surface area contributed by atoms with Gasteiger partial charge in [0.05, 0.1) is 0 Å². The van der Waals surface area contributed by atoms with Gasteiger partial charge in [0.1, 0.15) is 0 Å². The zero-order chi connectivity index (χ0) is 24.2. The van der Waals surface area contributed by atoms with Crippen molar-refractivity contribution in [1.82, 2.24) is 0 Å². The molecule has 0 spiro atoms. The lowest BCUT2D eigenvalue weighted by Crippen LogP contribution is -2.31. The van der Waals surface area contributed by atoms with E-state index in [2.05, 4.69) is 0 Å². The Morgan fingerprint density at radius 1 is 0.441 bits per heavy atom. The number of halogens is 2. The fourth-order valence-electron chi connectivity index (χ4n) is 7.71. The predicted molar refractivity (Wildman–Crippen MR) is 144 cm³/mol. The molecule has 0 saturated heterocycles. The topological polar surface area (TPSA) is 34.1 Å². The third-order valence-electron chi connectivity index (χ3n) is 9.69. The van der Waals surface area contributed by atoms with Gasteiger partial charge in [-0.25, -0.2) is 0 Å². The summed E-state index contributed by atoms with van der Waals surface area (Å²) < 4.78 is 0. The van der Waals surface area contributed by atoms with Crippen LogP contribution < -0.4 is 0 Å². The van der Waals surface area contributed by atoms with Crippen LogP contribution in [0, 0.1) is 35.5 Å². The predicted octanol–water partition coefficient (Wildman–Crippen LogP) is 9.84. The molecule has 3 fully saturated rings. The number of carbonyl (C=O) groups is 2. The molecule has 0 aromatic rings. The van der Waals surface area contributed by atoms with Crippen molar-refractivity contribution in [3.8, 4) is 0 Å². The highest BCUT2D eigenvalue weighted by atomic mass is 35.5. The molecule has 34 heavy (non-hydrogen) atoms. The minimum atomic E-state index is -0.166. The summed E-state index contributed by atoms with van der Waals surface area (Å²) in [6.07, 6.45) is 27.0. The average molecular weight is 514 g/mol. The summed E-state index contributed by atoms with van der Waals surface area (Å²) in [5.74, 6) is 1.79. The van der Waals surface area contributed by atoms with E-state index in [9.17, 15) is 9.59 Å². The van der Waals surface area contributed by atoms with Crippen molar-refractivity contribution in [3.63, 3.8) is 0 Å². The average Bonchev–Trinajstić information content (AvgIpc) is 3.02. The molecule has 4 atom stereocenters. The highest BCUT2D eigenvalue weighted by Crippen LogP contribution is 2.44. The Bertz CT molecular complexity index is 587. The van der Waals surface area contributed by atoms with Crippen molar-refractivity contribution in [1.29, 1.82) is 0 Å². The Morgan fingerprint density at radius 2 is 0.882 bits per heavy atom. The zero-order valence-corrected chi connectivity index (χ0v) is 23.1. The molecule has 0 radical (unpaired) electrons. The van der Waals surface area contributed by atoms with Gasteiger partial charge >= 0.3 is 0 Å². The van der Waals surface area contributed by atoms with E-state index >= 15 is 0 Å². The third-order valence-corrected chi connectivity index (χ3v) is 10.3. The molecule has 0 aromatic carbocycles. The largest absolute Gasteiger partial charge is 0.281 e. The molecule has 4 heteroatoms. The highest BCUT2D eigenvalue weighted by Gasteiger charge is 2.39. The smallest absolute Gasteiger partial charge is 0.225 e. The molecule has 196 valence electrons. The minimum Gasteiger partial charge on any atom is -0.281 e. The van der Waals surface area contributed by atoms with Crippen LogP contribution in [-0.4, -0.2) is 10.5 Å². The molecule has 0 aliphatic heterocycles. The molecule has 3 rings (SSSR count). The van der Waals surface area contributed by atoms with Crippen LogP contribution >= 0.6 is 23.2 Å². The van der Waals surface area contributed by atoms with Crippen LogP contribution in [0.1, 0.15) is 141 Å². The molecule has 3 saturated carbocycles. The molecule has 4 unspecified atom stereocenters. The van der Waals surface area contributed by atoms with Crippen molar-refractivity contribution in [2.45, 2.75) is 141 Å². The summed E-state index contributed by atoms with van der Waals surface area (Å²) >= 11 is 12.6. The molecule has 2 nitrogen and oxygen atoms in total. The molecule has 3 aliphatic carbocycles. The quantitative estimate of drug-likeness (QED) is 0.351. The van der Waals surface area contributed by atoms with E-state index in [0.717, 1.165) is 32.1 Å². The summed E-state index contributed by atoms with van der Waals surface area (Å²) in [6.45, 7) is 0. The van der Waals surface area contributed by atoms with Gasteiger partial charge in [-0.3, -0.25) is 9.59 Å².